The third kappa shape index (κ3) is 11.1. The van der Waals surface area contributed by atoms with Crippen molar-refractivity contribution in [1.82, 2.24) is 15.5 Å². The van der Waals surface area contributed by atoms with Gasteiger partial charge in [0.1, 0.15) is 6.54 Å². The zero-order valence-corrected chi connectivity index (χ0v) is 17.8. The van der Waals surface area contributed by atoms with Crippen LogP contribution in [-0.4, -0.2) is 64.2 Å². The minimum atomic E-state index is -0.000857. The Morgan fingerprint density at radius 1 is 1.17 bits per heavy atom. The maximum absolute atomic E-state index is 11.6. The number of aliphatic imine (C=N–C) groups is 1. The first-order valence-electron chi connectivity index (χ1n) is 8.84. The highest BCUT2D eigenvalue weighted by atomic mass is 127. The molecule has 0 aromatic heterocycles. The summed E-state index contributed by atoms with van der Waals surface area (Å²) in [7, 11) is 5.16. The van der Waals surface area contributed by atoms with E-state index in [9.17, 15) is 4.79 Å². The highest BCUT2D eigenvalue weighted by molar-refractivity contribution is 14.0. The van der Waals surface area contributed by atoms with E-state index in [4.69, 9.17) is 4.74 Å². The third-order valence-corrected chi connectivity index (χ3v) is 4.28. The summed E-state index contributed by atoms with van der Waals surface area (Å²) in [5.41, 5.74) is 0. The summed E-state index contributed by atoms with van der Waals surface area (Å²) in [5.74, 6) is 1.65. The Morgan fingerprint density at radius 2 is 1.83 bits per heavy atom. The fourth-order valence-corrected chi connectivity index (χ4v) is 2.80. The molecule has 0 saturated heterocycles. The molecule has 24 heavy (non-hydrogen) atoms. The Bertz CT molecular complexity index is 358. The molecule has 1 rings (SSSR count). The largest absolute Gasteiger partial charge is 0.383 e. The number of likely N-dealkylation sites (N-methyl/N-ethyl adjacent to an activating group) is 1. The van der Waals surface area contributed by atoms with Crippen LogP contribution in [0.2, 0.25) is 0 Å². The number of nitrogens with one attached hydrogen (secondary N) is 2. The second-order valence-corrected chi connectivity index (χ2v) is 6.45. The van der Waals surface area contributed by atoms with E-state index >= 15 is 0 Å². The number of methoxy groups -OCH3 is 1. The molecule has 1 fully saturated rings. The standard InChI is InChI=1S/C17H34N4O2.HI/c1-21(2)16(22)14-20-17(19-12-13-23-3)18-11-7-6-10-15-8-4-5-9-15;/h15H,4-14H2,1-3H3,(H2,18,19,20);1H. The summed E-state index contributed by atoms with van der Waals surface area (Å²) in [4.78, 5) is 17.5. The van der Waals surface area contributed by atoms with Gasteiger partial charge in [-0.15, -0.1) is 24.0 Å². The van der Waals surface area contributed by atoms with Gasteiger partial charge in [0.25, 0.3) is 0 Å². The van der Waals surface area contributed by atoms with Gasteiger partial charge in [0.2, 0.25) is 5.91 Å². The minimum absolute atomic E-state index is 0. The van der Waals surface area contributed by atoms with Crippen LogP contribution in [0.1, 0.15) is 44.9 Å². The van der Waals surface area contributed by atoms with E-state index in [1.165, 1.54) is 38.5 Å². The smallest absolute Gasteiger partial charge is 0.243 e. The van der Waals surface area contributed by atoms with Crippen molar-refractivity contribution in [2.24, 2.45) is 10.9 Å². The van der Waals surface area contributed by atoms with Crippen LogP contribution in [0.15, 0.2) is 4.99 Å². The van der Waals surface area contributed by atoms with Gasteiger partial charge in [-0.05, 0) is 12.3 Å². The van der Waals surface area contributed by atoms with E-state index in [-0.39, 0.29) is 36.4 Å². The quantitative estimate of drug-likeness (QED) is 0.230. The Morgan fingerprint density at radius 3 is 2.46 bits per heavy atom. The molecule has 1 aliphatic rings. The van der Waals surface area contributed by atoms with Crippen LogP contribution in [0, 0.1) is 5.92 Å². The van der Waals surface area contributed by atoms with E-state index in [0.717, 1.165) is 18.9 Å². The van der Waals surface area contributed by atoms with Crippen molar-refractivity contribution in [3.05, 3.63) is 0 Å². The van der Waals surface area contributed by atoms with Crippen molar-refractivity contribution in [1.29, 1.82) is 0 Å². The fourth-order valence-electron chi connectivity index (χ4n) is 2.80. The van der Waals surface area contributed by atoms with Crippen molar-refractivity contribution in [2.45, 2.75) is 44.9 Å². The van der Waals surface area contributed by atoms with Gasteiger partial charge in [-0.2, -0.15) is 0 Å². The number of rotatable bonds is 10. The number of ether oxygens (including phenoxy) is 1. The molecule has 0 aromatic carbocycles. The Balaban J connectivity index is 0.00000529. The van der Waals surface area contributed by atoms with Crippen LogP contribution in [0.25, 0.3) is 0 Å². The Hall–Kier alpha value is -0.570. The normalized spacial score (nSPS) is 15.0. The maximum Gasteiger partial charge on any atom is 0.243 e. The molecule has 0 heterocycles. The van der Waals surface area contributed by atoms with Crippen LogP contribution in [0.5, 0.6) is 0 Å². The van der Waals surface area contributed by atoms with Crippen LogP contribution in [-0.2, 0) is 9.53 Å². The summed E-state index contributed by atoms with van der Waals surface area (Å²) in [6, 6.07) is 0. The van der Waals surface area contributed by atoms with Crippen LogP contribution < -0.4 is 10.6 Å². The van der Waals surface area contributed by atoms with Gasteiger partial charge in [-0.1, -0.05) is 38.5 Å². The lowest BCUT2D eigenvalue weighted by Gasteiger charge is -2.14. The summed E-state index contributed by atoms with van der Waals surface area (Å²) < 4.78 is 5.04. The number of carbonyl (C=O) groups excluding carboxylic acids is 1. The molecule has 1 aliphatic carbocycles. The molecule has 0 radical (unpaired) electrons. The minimum Gasteiger partial charge on any atom is -0.383 e. The van der Waals surface area contributed by atoms with Gasteiger partial charge in [0, 0.05) is 34.3 Å². The van der Waals surface area contributed by atoms with Gasteiger partial charge in [0.15, 0.2) is 5.96 Å². The first-order valence-corrected chi connectivity index (χ1v) is 8.84. The predicted octanol–water partition coefficient (Wildman–Crippen LogP) is 2.23. The van der Waals surface area contributed by atoms with Crippen molar-refractivity contribution >= 4 is 35.8 Å². The monoisotopic (exact) mass is 454 g/mol. The molecule has 1 amide bonds. The molecule has 0 aromatic rings. The highest BCUT2D eigenvalue weighted by Gasteiger charge is 2.13. The molecule has 0 unspecified atom stereocenters. The molecule has 0 bridgehead atoms. The Kier molecular flexibility index (Phi) is 14.4. The summed E-state index contributed by atoms with van der Waals surface area (Å²) >= 11 is 0. The molecule has 2 N–H and O–H groups in total. The summed E-state index contributed by atoms with van der Waals surface area (Å²) in [6.45, 7) is 2.35. The molecule has 1 saturated carbocycles. The highest BCUT2D eigenvalue weighted by Crippen LogP contribution is 2.28. The molecule has 7 heteroatoms. The van der Waals surface area contributed by atoms with Gasteiger partial charge < -0.3 is 20.3 Å². The molecular formula is C17H35IN4O2. The first-order chi connectivity index (χ1) is 11.1. The number of unbranched alkanes of at least 4 members (excludes halogenated alkanes) is 1. The molecule has 0 aliphatic heterocycles. The number of carbonyl (C=O) groups is 1. The summed E-state index contributed by atoms with van der Waals surface area (Å²) in [6.07, 6.45) is 9.44. The number of guanidine groups is 1. The SMILES string of the molecule is COCCNC(=NCC(=O)N(C)C)NCCCCC1CCCC1.I. The predicted molar refractivity (Wildman–Crippen MR) is 110 cm³/mol. The molecular weight excluding hydrogens is 419 g/mol. The fraction of sp³-hybridized carbons (Fsp3) is 0.882. The number of amides is 1. The average molecular weight is 454 g/mol. The van der Waals surface area contributed by atoms with Crippen molar-refractivity contribution in [3.63, 3.8) is 0 Å². The van der Waals surface area contributed by atoms with Crippen molar-refractivity contribution in [3.8, 4) is 0 Å². The lowest BCUT2D eigenvalue weighted by molar-refractivity contribution is -0.127. The zero-order valence-electron chi connectivity index (χ0n) is 15.5. The van der Waals surface area contributed by atoms with E-state index in [0.29, 0.717) is 19.1 Å². The summed E-state index contributed by atoms with van der Waals surface area (Å²) in [5, 5.41) is 6.50. The van der Waals surface area contributed by atoms with Gasteiger partial charge in [-0.25, -0.2) is 4.99 Å². The van der Waals surface area contributed by atoms with Gasteiger partial charge in [-0.3, -0.25) is 4.79 Å². The van der Waals surface area contributed by atoms with Gasteiger partial charge in [0.05, 0.1) is 6.61 Å². The molecule has 0 atom stereocenters. The third-order valence-electron chi connectivity index (χ3n) is 4.28. The van der Waals surface area contributed by atoms with E-state index < -0.39 is 0 Å². The first kappa shape index (κ1) is 23.4. The van der Waals surface area contributed by atoms with Crippen molar-refractivity contribution < 1.29 is 9.53 Å². The molecule has 142 valence electrons. The second-order valence-electron chi connectivity index (χ2n) is 6.45. The van der Waals surface area contributed by atoms with Gasteiger partial charge >= 0.3 is 0 Å². The lowest BCUT2D eigenvalue weighted by Crippen LogP contribution is -2.40. The van der Waals surface area contributed by atoms with E-state index in [2.05, 4.69) is 15.6 Å². The van der Waals surface area contributed by atoms with Crippen LogP contribution in [0.3, 0.4) is 0 Å². The average Bonchev–Trinajstić information content (AvgIpc) is 3.04. The van der Waals surface area contributed by atoms with Crippen LogP contribution in [0.4, 0.5) is 0 Å². The molecule has 6 nitrogen and oxygen atoms in total. The molecule has 0 spiro atoms. The Labute approximate surface area is 164 Å². The number of halogens is 1. The lowest BCUT2D eigenvalue weighted by atomic mass is 10.0. The van der Waals surface area contributed by atoms with Crippen molar-refractivity contribution in [2.75, 3.05) is 47.4 Å². The number of hydrogen-bond acceptors (Lipinski definition) is 3. The number of hydrogen-bond donors (Lipinski definition) is 2. The van der Waals surface area contributed by atoms with E-state index in [1.807, 2.05) is 0 Å². The number of nitrogens with zero attached hydrogens (tertiary/aromatic N) is 2. The van der Waals surface area contributed by atoms with E-state index in [1.54, 1.807) is 26.1 Å². The second kappa shape index (κ2) is 14.7. The van der Waals surface area contributed by atoms with Crippen LogP contribution >= 0.6 is 24.0 Å². The maximum atomic E-state index is 11.6. The zero-order chi connectivity index (χ0) is 16.9. The topological polar surface area (TPSA) is 66.0 Å².